The normalized spacial score (nSPS) is 11.3. The number of nitrogens with one attached hydrogen (secondary N) is 1. The van der Waals surface area contributed by atoms with Crippen molar-refractivity contribution in [2.45, 2.75) is 26.2 Å². The Bertz CT molecular complexity index is 599. The highest BCUT2D eigenvalue weighted by Gasteiger charge is 2.17. The maximum absolute atomic E-state index is 5.57. The number of hydrogen-bond acceptors (Lipinski definition) is 5. The van der Waals surface area contributed by atoms with Crippen molar-refractivity contribution in [1.29, 1.82) is 0 Å². The number of hydrogen-bond donors (Lipinski definition) is 2. The summed E-state index contributed by atoms with van der Waals surface area (Å²) in [5.74, 6) is 0. The Balaban J connectivity index is 2.19. The number of anilines is 2. The van der Waals surface area contributed by atoms with Gasteiger partial charge < -0.3 is 11.1 Å². The molecule has 0 aromatic carbocycles. The van der Waals surface area contributed by atoms with Gasteiger partial charge in [0.1, 0.15) is 4.99 Å². The van der Waals surface area contributed by atoms with Gasteiger partial charge in [0.05, 0.1) is 11.4 Å². The summed E-state index contributed by atoms with van der Waals surface area (Å²) in [4.78, 5) is 8.97. The molecule has 3 N–H and O–H groups in total. The molecular weight excluding hydrogens is 276 g/mol. The smallest absolute Gasteiger partial charge is 0.187 e. The Morgan fingerprint density at radius 1 is 1.42 bits per heavy atom. The first-order valence-corrected chi connectivity index (χ1v) is 7.14. The number of nitrogens with zero attached hydrogens (tertiary/aromatic N) is 2. The van der Waals surface area contributed by atoms with Crippen LogP contribution in [-0.2, 0) is 5.41 Å². The lowest BCUT2D eigenvalue weighted by Crippen LogP contribution is -2.12. The van der Waals surface area contributed by atoms with Crippen LogP contribution in [-0.4, -0.2) is 15.0 Å². The van der Waals surface area contributed by atoms with Crippen LogP contribution in [0.1, 0.15) is 32.2 Å². The van der Waals surface area contributed by atoms with Crippen LogP contribution in [0.4, 0.5) is 10.8 Å². The van der Waals surface area contributed by atoms with E-state index in [-0.39, 0.29) is 10.4 Å². The molecule has 2 heterocycles. The first-order valence-electron chi connectivity index (χ1n) is 5.85. The number of aromatic nitrogens is 2. The first kappa shape index (κ1) is 13.9. The second kappa shape index (κ2) is 5.22. The van der Waals surface area contributed by atoms with E-state index < -0.39 is 0 Å². The maximum Gasteiger partial charge on any atom is 0.187 e. The van der Waals surface area contributed by atoms with Crippen LogP contribution in [0.15, 0.2) is 23.7 Å². The largest absolute Gasteiger partial charge is 0.388 e. The molecule has 2 rings (SSSR count). The molecule has 0 saturated carbocycles. The van der Waals surface area contributed by atoms with Crippen molar-refractivity contribution in [2.75, 3.05) is 5.32 Å². The minimum Gasteiger partial charge on any atom is -0.388 e. The zero-order chi connectivity index (χ0) is 14.0. The second-order valence-corrected chi connectivity index (χ2v) is 6.50. The molecule has 0 aliphatic heterocycles. The molecule has 0 atom stereocenters. The summed E-state index contributed by atoms with van der Waals surface area (Å²) in [6.45, 7) is 6.43. The predicted molar refractivity (Wildman–Crippen MR) is 84.2 cm³/mol. The summed E-state index contributed by atoms with van der Waals surface area (Å²) in [6, 6.07) is 3.68. The molecule has 0 radical (unpaired) electrons. The number of rotatable bonds is 3. The lowest BCUT2D eigenvalue weighted by Gasteiger charge is -2.14. The first-order chi connectivity index (χ1) is 8.86. The second-order valence-electron chi connectivity index (χ2n) is 5.21. The quantitative estimate of drug-likeness (QED) is 0.850. The van der Waals surface area contributed by atoms with Crippen molar-refractivity contribution >= 4 is 39.4 Å². The molecule has 0 aliphatic carbocycles. The fourth-order valence-corrected chi connectivity index (χ4v) is 2.51. The van der Waals surface area contributed by atoms with E-state index >= 15 is 0 Å². The fraction of sp³-hybridized carbons (Fsp3) is 0.308. The van der Waals surface area contributed by atoms with E-state index in [1.807, 2.05) is 12.1 Å². The topological polar surface area (TPSA) is 63.8 Å². The van der Waals surface area contributed by atoms with E-state index in [1.165, 1.54) is 0 Å². The number of nitrogens with two attached hydrogens (primary N) is 1. The number of thiazole rings is 1. The lowest BCUT2D eigenvalue weighted by molar-refractivity contribution is 0.573. The van der Waals surface area contributed by atoms with Crippen LogP contribution in [0.25, 0.3) is 0 Å². The Morgan fingerprint density at radius 2 is 2.16 bits per heavy atom. The van der Waals surface area contributed by atoms with E-state index in [9.17, 15) is 0 Å². The molecule has 2 aromatic heterocycles. The van der Waals surface area contributed by atoms with Crippen molar-refractivity contribution < 1.29 is 0 Å². The van der Waals surface area contributed by atoms with Gasteiger partial charge in [-0.1, -0.05) is 33.0 Å². The van der Waals surface area contributed by atoms with Gasteiger partial charge in [-0.3, -0.25) is 4.98 Å². The van der Waals surface area contributed by atoms with E-state index in [0.717, 1.165) is 16.5 Å². The SMILES string of the molecule is CC(C)(C)c1csc(Nc2ccnc(C(N)=S)c2)n1. The zero-order valence-electron chi connectivity index (χ0n) is 11.1. The molecule has 0 unspecified atom stereocenters. The van der Waals surface area contributed by atoms with Crippen molar-refractivity contribution in [3.05, 3.63) is 35.1 Å². The van der Waals surface area contributed by atoms with Crippen LogP contribution in [0.5, 0.6) is 0 Å². The third-order valence-corrected chi connectivity index (χ3v) is 3.50. The molecule has 0 bridgehead atoms. The summed E-state index contributed by atoms with van der Waals surface area (Å²) >= 11 is 6.49. The molecule has 0 saturated heterocycles. The summed E-state index contributed by atoms with van der Waals surface area (Å²) < 4.78 is 0. The molecule has 4 nitrogen and oxygen atoms in total. The predicted octanol–water partition coefficient (Wildman–Crippen LogP) is 3.21. The van der Waals surface area contributed by atoms with Gasteiger partial charge in [0.25, 0.3) is 0 Å². The van der Waals surface area contributed by atoms with Gasteiger partial charge >= 0.3 is 0 Å². The zero-order valence-corrected chi connectivity index (χ0v) is 12.7. The van der Waals surface area contributed by atoms with Crippen LogP contribution in [0.3, 0.4) is 0 Å². The Labute approximate surface area is 122 Å². The average molecular weight is 292 g/mol. The van der Waals surface area contributed by atoms with E-state index in [1.54, 1.807) is 17.5 Å². The highest BCUT2D eigenvalue weighted by atomic mass is 32.1. The molecule has 0 spiro atoms. The van der Waals surface area contributed by atoms with Crippen LogP contribution in [0.2, 0.25) is 0 Å². The third-order valence-electron chi connectivity index (χ3n) is 2.54. The maximum atomic E-state index is 5.57. The molecule has 0 aliphatic rings. The lowest BCUT2D eigenvalue weighted by atomic mass is 9.93. The third kappa shape index (κ3) is 3.48. The van der Waals surface area contributed by atoms with Crippen molar-refractivity contribution in [2.24, 2.45) is 5.73 Å². The Morgan fingerprint density at radius 3 is 2.74 bits per heavy atom. The molecule has 19 heavy (non-hydrogen) atoms. The van der Waals surface area contributed by atoms with Crippen LogP contribution < -0.4 is 11.1 Å². The molecule has 100 valence electrons. The van der Waals surface area contributed by atoms with Crippen LogP contribution in [0, 0.1) is 0 Å². The molecule has 0 amide bonds. The summed E-state index contributed by atoms with van der Waals surface area (Å²) in [7, 11) is 0. The molecular formula is C13H16N4S2. The summed E-state index contributed by atoms with van der Waals surface area (Å²) in [5.41, 5.74) is 8.18. The van der Waals surface area contributed by atoms with E-state index in [0.29, 0.717) is 5.69 Å². The number of pyridine rings is 1. The van der Waals surface area contributed by atoms with Crippen molar-refractivity contribution in [1.82, 2.24) is 9.97 Å². The summed E-state index contributed by atoms with van der Waals surface area (Å²) in [5, 5.41) is 6.16. The van der Waals surface area contributed by atoms with Gasteiger partial charge in [-0.15, -0.1) is 11.3 Å². The van der Waals surface area contributed by atoms with Gasteiger partial charge in [-0.25, -0.2) is 4.98 Å². The van der Waals surface area contributed by atoms with Gasteiger partial charge in [0.15, 0.2) is 5.13 Å². The highest BCUT2D eigenvalue weighted by Crippen LogP contribution is 2.28. The molecule has 0 fully saturated rings. The fourth-order valence-electron chi connectivity index (χ4n) is 1.44. The van der Waals surface area contributed by atoms with Crippen molar-refractivity contribution in [3.8, 4) is 0 Å². The minimum absolute atomic E-state index is 0.0542. The Kier molecular flexibility index (Phi) is 3.82. The highest BCUT2D eigenvalue weighted by molar-refractivity contribution is 7.80. The molecule has 2 aromatic rings. The minimum atomic E-state index is 0.0542. The average Bonchev–Trinajstić information content (AvgIpc) is 2.77. The van der Waals surface area contributed by atoms with Gasteiger partial charge in [0, 0.05) is 22.7 Å². The Hall–Kier alpha value is -1.53. The molecule has 6 heteroatoms. The van der Waals surface area contributed by atoms with Crippen LogP contribution >= 0.6 is 23.6 Å². The standard InChI is InChI=1S/C13H16N4S2/c1-13(2,3)10-7-19-12(17-10)16-8-4-5-15-9(6-8)11(14)18/h4-7H,1-3H3,(H2,14,18)(H,15,16,17). The van der Waals surface area contributed by atoms with Gasteiger partial charge in [0.2, 0.25) is 0 Å². The number of thiocarbonyl (C=S) groups is 1. The van der Waals surface area contributed by atoms with E-state index in [4.69, 9.17) is 18.0 Å². The van der Waals surface area contributed by atoms with Gasteiger partial charge in [-0.2, -0.15) is 0 Å². The monoisotopic (exact) mass is 292 g/mol. The van der Waals surface area contributed by atoms with E-state index in [2.05, 4.69) is 41.4 Å². The van der Waals surface area contributed by atoms with Gasteiger partial charge in [-0.05, 0) is 12.1 Å². The van der Waals surface area contributed by atoms with Crippen molar-refractivity contribution in [3.63, 3.8) is 0 Å². The summed E-state index contributed by atoms with van der Waals surface area (Å²) in [6.07, 6.45) is 1.68.